The largest absolute Gasteiger partial charge is 0.396 e. The molecule has 102 valence electrons. The zero-order valence-electron chi connectivity index (χ0n) is 10.6. The van der Waals surface area contributed by atoms with E-state index in [1.165, 1.54) is 0 Å². The molecule has 6 heteroatoms. The van der Waals surface area contributed by atoms with Gasteiger partial charge < -0.3 is 10.0 Å². The fourth-order valence-corrected chi connectivity index (χ4v) is 3.56. The van der Waals surface area contributed by atoms with Gasteiger partial charge in [0.1, 0.15) is 0 Å². The Morgan fingerprint density at radius 1 is 1.41 bits per heavy atom. The van der Waals surface area contributed by atoms with Gasteiger partial charge in [-0.15, -0.1) is 0 Å². The Hall–Kier alpha value is -0.170. The number of hydrogen-bond donors (Lipinski definition) is 2. The van der Waals surface area contributed by atoms with E-state index < -0.39 is 10.0 Å². The van der Waals surface area contributed by atoms with Crippen LogP contribution in [0.2, 0.25) is 0 Å². The van der Waals surface area contributed by atoms with Gasteiger partial charge in [0.05, 0.1) is 5.75 Å². The summed E-state index contributed by atoms with van der Waals surface area (Å²) < 4.78 is 26.3. The molecule has 0 aromatic rings. The summed E-state index contributed by atoms with van der Waals surface area (Å²) in [5.74, 6) is 0.121. The van der Waals surface area contributed by atoms with E-state index in [9.17, 15) is 8.42 Å². The molecule has 0 radical (unpaired) electrons. The van der Waals surface area contributed by atoms with Crippen molar-refractivity contribution in [3.05, 3.63) is 0 Å². The lowest BCUT2D eigenvalue weighted by atomic mass is 10.1. The maximum Gasteiger partial charge on any atom is 0.211 e. The van der Waals surface area contributed by atoms with Crippen molar-refractivity contribution < 1.29 is 13.5 Å². The summed E-state index contributed by atoms with van der Waals surface area (Å²) in [5, 5.41) is 8.63. The van der Waals surface area contributed by atoms with Crippen LogP contribution in [0.15, 0.2) is 0 Å². The second kappa shape index (κ2) is 7.31. The summed E-state index contributed by atoms with van der Waals surface area (Å²) in [7, 11) is -3.17. The fourth-order valence-electron chi connectivity index (χ4n) is 2.16. The van der Waals surface area contributed by atoms with E-state index >= 15 is 0 Å². The number of hydrogen-bond acceptors (Lipinski definition) is 4. The molecule has 0 saturated carbocycles. The predicted octanol–water partition coefficient (Wildman–Crippen LogP) is 0.163. The number of rotatable bonds is 7. The van der Waals surface area contributed by atoms with Gasteiger partial charge in [-0.25, -0.2) is 13.1 Å². The van der Waals surface area contributed by atoms with Gasteiger partial charge in [-0.2, -0.15) is 0 Å². The molecule has 0 spiro atoms. The Morgan fingerprint density at radius 2 is 2.18 bits per heavy atom. The smallest absolute Gasteiger partial charge is 0.211 e. The van der Waals surface area contributed by atoms with Gasteiger partial charge in [-0.1, -0.05) is 6.92 Å². The van der Waals surface area contributed by atoms with Crippen LogP contribution in [0.5, 0.6) is 0 Å². The summed E-state index contributed by atoms with van der Waals surface area (Å²) in [5.41, 5.74) is 0. The topological polar surface area (TPSA) is 69.6 Å². The Balaban J connectivity index is 2.36. The molecular weight excluding hydrogens is 240 g/mol. The summed E-state index contributed by atoms with van der Waals surface area (Å²) in [6, 6.07) is 0.0582. The van der Waals surface area contributed by atoms with Crippen LogP contribution in [0.3, 0.4) is 0 Å². The number of likely N-dealkylation sites (tertiary alicyclic amines) is 1. The normalized spacial score (nSPS) is 22.8. The van der Waals surface area contributed by atoms with E-state index in [1.54, 1.807) is 0 Å². The first-order chi connectivity index (χ1) is 8.07. The van der Waals surface area contributed by atoms with Gasteiger partial charge in [0.15, 0.2) is 0 Å². The number of likely N-dealkylation sites (N-methyl/N-ethyl adjacent to an activating group) is 1. The summed E-state index contributed by atoms with van der Waals surface area (Å²) in [6.45, 7) is 5.01. The molecule has 5 nitrogen and oxygen atoms in total. The first kappa shape index (κ1) is 14.9. The van der Waals surface area contributed by atoms with Gasteiger partial charge >= 0.3 is 0 Å². The minimum absolute atomic E-state index is 0.0581. The van der Waals surface area contributed by atoms with Crippen molar-refractivity contribution in [1.29, 1.82) is 0 Å². The molecule has 1 rings (SSSR count). The maximum absolute atomic E-state index is 11.8. The van der Waals surface area contributed by atoms with E-state index in [2.05, 4.69) is 16.5 Å². The molecule has 1 heterocycles. The summed E-state index contributed by atoms with van der Waals surface area (Å²) >= 11 is 0. The molecule has 1 aliphatic heterocycles. The second-order valence-electron chi connectivity index (χ2n) is 4.60. The number of piperidine rings is 1. The van der Waals surface area contributed by atoms with Crippen molar-refractivity contribution in [2.24, 2.45) is 0 Å². The zero-order chi connectivity index (χ0) is 12.7. The molecule has 17 heavy (non-hydrogen) atoms. The van der Waals surface area contributed by atoms with Crippen molar-refractivity contribution in [1.82, 2.24) is 9.62 Å². The third-order valence-corrected chi connectivity index (χ3v) is 4.64. The van der Waals surface area contributed by atoms with Gasteiger partial charge in [0.25, 0.3) is 0 Å². The summed E-state index contributed by atoms with van der Waals surface area (Å²) in [4.78, 5) is 2.27. The van der Waals surface area contributed by atoms with Crippen LogP contribution in [-0.2, 0) is 10.0 Å². The Kier molecular flexibility index (Phi) is 6.40. The molecule has 1 aliphatic rings. The molecule has 0 bridgehead atoms. The van der Waals surface area contributed by atoms with Crippen molar-refractivity contribution >= 4 is 10.0 Å². The van der Waals surface area contributed by atoms with Crippen LogP contribution in [-0.4, -0.2) is 56.5 Å². The van der Waals surface area contributed by atoms with E-state index in [0.29, 0.717) is 12.8 Å². The zero-order valence-corrected chi connectivity index (χ0v) is 11.4. The number of nitrogens with one attached hydrogen (secondary N) is 1. The van der Waals surface area contributed by atoms with Crippen LogP contribution < -0.4 is 4.72 Å². The minimum atomic E-state index is -3.17. The number of aliphatic hydroxyl groups is 1. The Labute approximate surface area is 104 Å². The lowest BCUT2D eigenvalue weighted by molar-refractivity contribution is 0.211. The van der Waals surface area contributed by atoms with E-state index in [-0.39, 0.29) is 18.4 Å². The first-order valence-electron chi connectivity index (χ1n) is 6.40. The number of sulfonamides is 1. The third-order valence-electron chi connectivity index (χ3n) is 3.12. The standard InChI is InChI=1S/C11H24N2O3S/c1-2-13-7-5-6-11(10-13)12-17(15,16)9-4-3-8-14/h11-12,14H,2-10H2,1H3. The van der Waals surface area contributed by atoms with Crippen LogP contribution in [0.4, 0.5) is 0 Å². The van der Waals surface area contributed by atoms with Gasteiger partial charge in [-0.3, -0.25) is 0 Å². The molecule has 1 unspecified atom stereocenters. The first-order valence-corrected chi connectivity index (χ1v) is 8.06. The number of aliphatic hydroxyl groups excluding tert-OH is 1. The highest BCUT2D eigenvalue weighted by atomic mass is 32.2. The van der Waals surface area contributed by atoms with Crippen LogP contribution in [0.1, 0.15) is 32.6 Å². The highest BCUT2D eigenvalue weighted by molar-refractivity contribution is 7.89. The van der Waals surface area contributed by atoms with Crippen molar-refractivity contribution in [3.63, 3.8) is 0 Å². The van der Waals surface area contributed by atoms with Gasteiger partial charge in [0.2, 0.25) is 10.0 Å². The molecule has 1 fully saturated rings. The Bertz CT molecular complexity index is 306. The molecule has 2 N–H and O–H groups in total. The van der Waals surface area contributed by atoms with E-state index in [1.807, 2.05) is 0 Å². The van der Waals surface area contributed by atoms with Crippen molar-refractivity contribution in [2.45, 2.75) is 38.6 Å². The second-order valence-corrected chi connectivity index (χ2v) is 6.47. The average Bonchev–Trinajstić information content (AvgIpc) is 2.29. The quantitative estimate of drug-likeness (QED) is 0.643. The lowest BCUT2D eigenvalue weighted by Gasteiger charge is -2.32. The molecule has 0 aromatic carbocycles. The highest BCUT2D eigenvalue weighted by Crippen LogP contribution is 2.10. The predicted molar refractivity (Wildman–Crippen MR) is 68.4 cm³/mol. The van der Waals surface area contributed by atoms with Crippen LogP contribution >= 0.6 is 0 Å². The molecule has 0 amide bonds. The van der Waals surface area contributed by atoms with Crippen LogP contribution in [0.25, 0.3) is 0 Å². The van der Waals surface area contributed by atoms with Gasteiger partial charge in [-0.05, 0) is 38.8 Å². The maximum atomic E-state index is 11.8. The van der Waals surface area contributed by atoms with E-state index in [4.69, 9.17) is 5.11 Å². The van der Waals surface area contributed by atoms with Gasteiger partial charge in [0, 0.05) is 19.2 Å². The fraction of sp³-hybridized carbons (Fsp3) is 1.00. The van der Waals surface area contributed by atoms with Crippen molar-refractivity contribution in [2.75, 3.05) is 32.0 Å². The molecule has 1 atom stereocenters. The monoisotopic (exact) mass is 264 g/mol. The highest BCUT2D eigenvalue weighted by Gasteiger charge is 2.22. The molecule has 1 saturated heterocycles. The molecule has 0 aliphatic carbocycles. The third kappa shape index (κ3) is 5.81. The lowest BCUT2D eigenvalue weighted by Crippen LogP contribution is -2.48. The SMILES string of the molecule is CCN1CCCC(NS(=O)(=O)CCCCO)C1. The minimum Gasteiger partial charge on any atom is -0.396 e. The number of nitrogens with zero attached hydrogens (tertiary/aromatic N) is 1. The van der Waals surface area contributed by atoms with Crippen molar-refractivity contribution in [3.8, 4) is 0 Å². The number of unbranched alkanes of at least 4 members (excludes halogenated alkanes) is 1. The summed E-state index contributed by atoms with van der Waals surface area (Å²) in [6.07, 6.45) is 3.05. The van der Waals surface area contributed by atoms with Crippen LogP contribution in [0, 0.1) is 0 Å². The molecule has 0 aromatic heterocycles. The average molecular weight is 264 g/mol. The molecular formula is C11H24N2O3S. The van der Waals surface area contributed by atoms with E-state index in [0.717, 1.165) is 32.5 Å². The Morgan fingerprint density at radius 3 is 2.82 bits per heavy atom.